The first kappa shape index (κ1) is 10.8. The fourth-order valence-corrected chi connectivity index (χ4v) is 1.26. The van der Waals surface area contributed by atoms with E-state index in [2.05, 4.69) is 9.97 Å². The van der Waals surface area contributed by atoms with Crippen molar-refractivity contribution in [3.63, 3.8) is 0 Å². The van der Waals surface area contributed by atoms with Crippen LogP contribution in [0.15, 0.2) is 0 Å². The van der Waals surface area contributed by atoms with Gasteiger partial charge in [0.15, 0.2) is 0 Å². The summed E-state index contributed by atoms with van der Waals surface area (Å²) in [5.41, 5.74) is 1.30. The quantitative estimate of drug-likeness (QED) is 0.746. The van der Waals surface area contributed by atoms with E-state index in [0.29, 0.717) is 12.3 Å². The van der Waals surface area contributed by atoms with Gasteiger partial charge in [-0.2, -0.15) is 0 Å². The monoisotopic (exact) mass is 196 g/mol. The number of ether oxygens (including phenoxy) is 1. The van der Waals surface area contributed by atoms with Crippen LogP contribution in [0.5, 0.6) is 0 Å². The molecule has 4 nitrogen and oxygen atoms in total. The first-order valence-corrected chi connectivity index (χ1v) is 4.97. The largest absolute Gasteiger partial charge is 0.461 e. The molecule has 0 saturated heterocycles. The number of carbonyl (C=O) groups excluding carboxylic acids is 1. The number of imidazole rings is 1. The summed E-state index contributed by atoms with van der Waals surface area (Å²) in [6, 6.07) is 0. The van der Waals surface area contributed by atoms with Gasteiger partial charge < -0.3 is 9.72 Å². The van der Waals surface area contributed by atoms with E-state index in [1.165, 1.54) is 0 Å². The molecule has 0 radical (unpaired) electrons. The molecule has 0 spiro atoms. The Morgan fingerprint density at radius 2 is 2.07 bits per heavy atom. The van der Waals surface area contributed by atoms with Crippen molar-refractivity contribution in [3.05, 3.63) is 17.2 Å². The molecule has 0 aliphatic heterocycles. The van der Waals surface area contributed by atoms with E-state index in [4.69, 9.17) is 4.74 Å². The predicted molar refractivity (Wildman–Crippen MR) is 53.3 cm³/mol. The third-order valence-corrected chi connectivity index (χ3v) is 1.98. The molecule has 14 heavy (non-hydrogen) atoms. The molecular formula is C10H16N2O2. The summed E-state index contributed by atoms with van der Waals surface area (Å²) >= 11 is 0. The third-order valence-electron chi connectivity index (χ3n) is 1.98. The predicted octanol–water partition coefficient (Wildman–Crippen LogP) is 1.71. The van der Waals surface area contributed by atoms with Crippen molar-refractivity contribution < 1.29 is 9.53 Å². The highest BCUT2D eigenvalue weighted by atomic mass is 16.5. The molecule has 4 heteroatoms. The molecule has 1 aromatic rings. The molecule has 0 saturated carbocycles. The minimum absolute atomic E-state index is 0.309. The summed E-state index contributed by atoms with van der Waals surface area (Å²) in [5.74, 6) is 0.529. The average molecular weight is 196 g/mol. The Hall–Kier alpha value is -1.32. The number of aromatic nitrogens is 2. The lowest BCUT2D eigenvalue weighted by Crippen LogP contribution is -2.07. The topological polar surface area (TPSA) is 55.0 Å². The van der Waals surface area contributed by atoms with Crippen molar-refractivity contribution in [2.24, 2.45) is 0 Å². The zero-order chi connectivity index (χ0) is 10.6. The van der Waals surface area contributed by atoms with Crippen molar-refractivity contribution >= 4 is 5.97 Å². The SMILES string of the molecule is CCOC(=O)c1[nH]c(CC)nc1CC. The lowest BCUT2D eigenvalue weighted by Gasteiger charge is -1.99. The van der Waals surface area contributed by atoms with Crippen LogP contribution in [0.1, 0.15) is 42.8 Å². The van der Waals surface area contributed by atoms with Crippen LogP contribution in [0, 0.1) is 0 Å². The molecule has 1 N–H and O–H groups in total. The number of nitrogens with zero attached hydrogens (tertiary/aromatic N) is 1. The maximum atomic E-state index is 11.5. The van der Waals surface area contributed by atoms with Crippen LogP contribution in [0.3, 0.4) is 0 Å². The van der Waals surface area contributed by atoms with Crippen LogP contribution in [-0.2, 0) is 17.6 Å². The van der Waals surface area contributed by atoms with Crippen molar-refractivity contribution in [2.75, 3.05) is 6.61 Å². The van der Waals surface area contributed by atoms with E-state index in [1.54, 1.807) is 6.92 Å². The second kappa shape index (κ2) is 4.79. The average Bonchev–Trinajstić information content (AvgIpc) is 2.61. The van der Waals surface area contributed by atoms with Crippen molar-refractivity contribution in [3.8, 4) is 0 Å². The van der Waals surface area contributed by atoms with Crippen LogP contribution >= 0.6 is 0 Å². The Morgan fingerprint density at radius 1 is 1.36 bits per heavy atom. The summed E-state index contributed by atoms with van der Waals surface area (Å²) in [6.45, 7) is 6.15. The summed E-state index contributed by atoms with van der Waals surface area (Å²) in [4.78, 5) is 18.7. The van der Waals surface area contributed by atoms with E-state index < -0.39 is 0 Å². The van der Waals surface area contributed by atoms with Gasteiger partial charge in [-0.25, -0.2) is 9.78 Å². The Morgan fingerprint density at radius 3 is 2.57 bits per heavy atom. The molecule has 0 fully saturated rings. The maximum absolute atomic E-state index is 11.5. The summed E-state index contributed by atoms with van der Waals surface area (Å²) in [5, 5.41) is 0. The molecule has 0 amide bonds. The van der Waals surface area contributed by atoms with Gasteiger partial charge >= 0.3 is 5.97 Å². The Labute approximate surface area is 83.7 Å². The molecule has 78 valence electrons. The molecular weight excluding hydrogens is 180 g/mol. The van der Waals surface area contributed by atoms with Gasteiger partial charge in [-0.15, -0.1) is 0 Å². The zero-order valence-electron chi connectivity index (χ0n) is 8.89. The fraction of sp³-hybridized carbons (Fsp3) is 0.600. The van der Waals surface area contributed by atoms with E-state index >= 15 is 0 Å². The van der Waals surface area contributed by atoms with Gasteiger partial charge in [0, 0.05) is 6.42 Å². The molecule has 1 rings (SSSR count). The van der Waals surface area contributed by atoms with Crippen molar-refractivity contribution in [1.29, 1.82) is 0 Å². The normalized spacial score (nSPS) is 10.2. The third kappa shape index (κ3) is 2.13. The standard InChI is InChI=1S/C10H16N2O2/c1-4-7-9(10(13)14-6-3)12-8(5-2)11-7/h4-6H2,1-3H3,(H,11,12). The van der Waals surface area contributed by atoms with E-state index in [-0.39, 0.29) is 5.97 Å². The van der Waals surface area contributed by atoms with Gasteiger partial charge in [0.1, 0.15) is 11.5 Å². The number of aromatic amines is 1. The fourth-order valence-electron chi connectivity index (χ4n) is 1.26. The Kier molecular flexibility index (Phi) is 3.68. The minimum Gasteiger partial charge on any atom is -0.461 e. The van der Waals surface area contributed by atoms with Crippen LogP contribution in [0.25, 0.3) is 0 Å². The lowest BCUT2D eigenvalue weighted by atomic mass is 10.3. The number of hydrogen-bond acceptors (Lipinski definition) is 3. The number of aryl methyl sites for hydroxylation is 2. The number of carbonyl (C=O) groups is 1. The molecule has 0 atom stereocenters. The van der Waals surface area contributed by atoms with Gasteiger partial charge in [0.05, 0.1) is 12.3 Å². The van der Waals surface area contributed by atoms with E-state index in [9.17, 15) is 4.79 Å². The van der Waals surface area contributed by atoms with Crippen LogP contribution in [-0.4, -0.2) is 22.5 Å². The molecule has 0 aliphatic rings. The number of esters is 1. The highest BCUT2D eigenvalue weighted by molar-refractivity contribution is 5.88. The number of H-pyrrole nitrogens is 1. The smallest absolute Gasteiger partial charge is 0.356 e. The second-order valence-electron chi connectivity index (χ2n) is 2.93. The van der Waals surface area contributed by atoms with Crippen molar-refractivity contribution in [1.82, 2.24) is 9.97 Å². The van der Waals surface area contributed by atoms with E-state index in [0.717, 1.165) is 24.4 Å². The first-order valence-electron chi connectivity index (χ1n) is 4.97. The Bertz CT molecular complexity index is 318. The number of nitrogens with one attached hydrogen (secondary N) is 1. The Balaban J connectivity index is 2.93. The van der Waals surface area contributed by atoms with Gasteiger partial charge in [-0.05, 0) is 13.3 Å². The molecule has 1 aromatic heterocycles. The zero-order valence-corrected chi connectivity index (χ0v) is 8.89. The van der Waals surface area contributed by atoms with E-state index in [1.807, 2.05) is 13.8 Å². The van der Waals surface area contributed by atoms with Gasteiger partial charge in [0.2, 0.25) is 0 Å². The maximum Gasteiger partial charge on any atom is 0.356 e. The van der Waals surface area contributed by atoms with Crippen molar-refractivity contribution in [2.45, 2.75) is 33.6 Å². The van der Waals surface area contributed by atoms with Gasteiger partial charge in [-0.3, -0.25) is 0 Å². The molecule has 0 bridgehead atoms. The number of hydrogen-bond donors (Lipinski definition) is 1. The minimum atomic E-state index is -0.309. The summed E-state index contributed by atoms with van der Waals surface area (Å²) < 4.78 is 4.92. The lowest BCUT2D eigenvalue weighted by molar-refractivity contribution is 0.0518. The summed E-state index contributed by atoms with van der Waals surface area (Å²) in [7, 11) is 0. The number of rotatable bonds is 4. The first-order chi connectivity index (χ1) is 6.72. The second-order valence-corrected chi connectivity index (χ2v) is 2.93. The molecule has 0 aromatic carbocycles. The van der Waals surface area contributed by atoms with Gasteiger partial charge in [-0.1, -0.05) is 13.8 Å². The summed E-state index contributed by atoms with van der Waals surface area (Å²) in [6.07, 6.45) is 1.54. The molecule has 1 heterocycles. The highest BCUT2D eigenvalue weighted by Crippen LogP contribution is 2.09. The van der Waals surface area contributed by atoms with Crippen LogP contribution < -0.4 is 0 Å². The van der Waals surface area contributed by atoms with Crippen LogP contribution in [0.2, 0.25) is 0 Å². The molecule has 0 unspecified atom stereocenters. The van der Waals surface area contributed by atoms with Crippen LogP contribution in [0.4, 0.5) is 0 Å². The van der Waals surface area contributed by atoms with Gasteiger partial charge in [0.25, 0.3) is 0 Å². The highest BCUT2D eigenvalue weighted by Gasteiger charge is 2.15. The molecule has 0 aliphatic carbocycles.